The first-order chi connectivity index (χ1) is 16.1. The van der Waals surface area contributed by atoms with Crippen LogP contribution in [0.2, 0.25) is 0 Å². The van der Waals surface area contributed by atoms with E-state index in [-0.39, 0.29) is 24.9 Å². The first-order valence-electron chi connectivity index (χ1n) is 10.8. The number of nitrogens with one attached hydrogen (secondary N) is 3. The van der Waals surface area contributed by atoms with Gasteiger partial charge in [-0.3, -0.25) is 14.4 Å². The molecule has 0 aliphatic heterocycles. The van der Waals surface area contributed by atoms with E-state index in [1.807, 2.05) is 89.8 Å². The molecule has 7 heteroatoms. The number of carbonyl (C=O) groups is 3. The normalized spacial score (nSPS) is 10.2. The molecule has 3 N–H and O–H groups in total. The molecular weight excluding hydrogens is 416 g/mol. The molecule has 0 saturated carbocycles. The minimum absolute atomic E-state index is 0.0290. The predicted molar refractivity (Wildman–Crippen MR) is 130 cm³/mol. The summed E-state index contributed by atoms with van der Waals surface area (Å²) in [5.74, 6) is -0.332. The third-order valence-corrected chi connectivity index (χ3v) is 4.99. The molecule has 0 radical (unpaired) electrons. The number of hydrogen-bond acceptors (Lipinski definition) is 4. The van der Waals surface area contributed by atoms with Gasteiger partial charge in [0.2, 0.25) is 18.2 Å². The Morgan fingerprint density at radius 3 is 2.12 bits per heavy atom. The predicted octanol–water partition coefficient (Wildman–Crippen LogP) is 2.74. The van der Waals surface area contributed by atoms with Crippen LogP contribution in [-0.2, 0) is 27.3 Å². The van der Waals surface area contributed by atoms with Gasteiger partial charge in [-0.2, -0.15) is 0 Å². The van der Waals surface area contributed by atoms with Crippen LogP contribution < -0.4 is 20.9 Å². The smallest absolute Gasteiger partial charge is 0.243 e. The molecule has 0 fully saturated rings. The molecule has 0 bridgehead atoms. The Balaban J connectivity index is 1.53. The summed E-state index contributed by atoms with van der Waals surface area (Å²) in [4.78, 5) is 36.5. The van der Waals surface area contributed by atoms with Crippen molar-refractivity contribution < 1.29 is 14.4 Å². The highest BCUT2D eigenvalue weighted by molar-refractivity contribution is 5.94. The first-order valence-corrected chi connectivity index (χ1v) is 10.8. The van der Waals surface area contributed by atoms with Gasteiger partial charge < -0.3 is 20.9 Å². The van der Waals surface area contributed by atoms with Crippen LogP contribution in [0, 0.1) is 0 Å². The van der Waals surface area contributed by atoms with Gasteiger partial charge in [-0.15, -0.1) is 0 Å². The average Bonchev–Trinajstić information content (AvgIpc) is 2.84. The Bertz CT molecular complexity index is 1020. The molecule has 170 valence electrons. The molecule has 3 aromatic rings. The van der Waals surface area contributed by atoms with Crippen molar-refractivity contribution in [3.05, 3.63) is 96.1 Å². The van der Waals surface area contributed by atoms with Gasteiger partial charge in [0, 0.05) is 24.5 Å². The maximum atomic E-state index is 12.8. The summed E-state index contributed by atoms with van der Waals surface area (Å²) >= 11 is 0. The number of hydrogen-bond donors (Lipinski definition) is 3. The molecule has 3 amide bonds. The van der Waals surface area contributed by atoms with Crippen LogP contribution in [0.1, 0.15) is 11.1 Å². The van der Waals surface area contributed by atoms with Gasteiger partial charge in [-0.05, 0) is 41.8 Å². The Hall–Kier alpha value is -4.13. The van der Waals surface area contributed by atoms with E-state index in [1.165, 1.54) is 0 Å². The van der Waals surface area contributed by atoms with E-state index < -0.39 is 0 Å². The van der Waals surface area contributed by atoms with Gasteiger partial charge in [0.1, 0.15) is 0 Å². The lowest BCUT2D eigenvalue weighted by Crippen LogP contribution is -2.34. The lowest BCUT2D eigenvalue weighted by atomic mass is 10.1. The molecule has 7 nitrogen and oxygen atoms in total. The molecule has 3 rings (SSSR count). The van der Waals surface area contributed by atoms with Crippen LogP contribution in [0.25, 0.3) is 0 Å². The van der Waals surface area contributed by atoms with Gasteiger partial charge >= 0.3 is 0 Å². The lowest BCUT2D eigenvalue weighted by molar-refractivity contribution is -0.122. The standard InChI is InChI=1S/C26H28N4O3/c31-20-27-17-25(32)28-16-15-21-11-13-23(14-12-21)29-26(33)19-30(24-9-5-2-6-10-24)18-22-7-3-1-4-8-22/h1-14,20H,15-19H2,(H,27,31)(H,28,32)(H,29,33). The molecule has 3 aromatic carbocycles. The average molecular weight is 445 g/mol. The Morgan fingerprint density at radius 2 is 1.45 bits per heavy atom. The molecule has 33 heavy (non-hydrogen) atoms. The first kappa shape index (κ1) is 23.5. The second-order valence-corrected chi connectivity index (χ2v) is 7.52. The highest BCUT2D eigenvalue weighted by Gasteiger charge is 2.12. The number of para-hydroxylation sites is 1. The highest BCUT2D eigenvalue weighted by atomic mass is 16.2. The summed E-state index contributed by atoms with van der Waals surface area (Å²) in [5, 5.41) is 8.02. The molecular formula is C26H28N4O3. The molecule has 0 aromatic heterocycles. The summed E-state index contributed by atoms with van der Waals surface area (Å²) in [7, 11) is 0. The number of anilines is 2. The van der Waals surface area contributed by atoms with Crippen LogP contribution in [0.15, 0.2) is 84.9 Å². The second-order valence-electron chi connectivity index (χ2n) is 7.52. The monoisotopic (exact) mass is 444 g/mol. The maximum Gasteiger partial charge on any atom is 0.243 e. The van der Waals surface area contributed by atoms with Crippen LogP contribution in [0.3, 0.4) is 0 Å². The maximum absolute atomic E-state index is 12.8. The van der Waals surface area contributed by atoms with E-state index in [4.69, 9.17) is 0 Å². The summed E-state index contributed by atoms with van der Waals surface area (Å²) in [6, 6.07) is 27.5. The second kappa shape index (κ2) is 12.7. The number of rotatable bonds is 12. The zero-order valence-corrected chi connectivity index (χ0v) is 18.4. The molecule has 0 aliphatic carbocycles. The highest BCUT2D eigenvalue weighted by Crippen LogP contribution is 2.17. The number of nitrogens with zero attached hydrogens (tertiary/aromatic N) is 1. The van der Waals surface area contributed by atoms with Crippen molar-refractivity contribution in [3.63, 3.8) is 0 Å². The minimum Gasteiger partial charge on any atom is -0.358 e. The van der Waals surface area contributed by atoms with E-state index >= 15 is 0 Å². The molecule has 0 aliphatic rings. The summed E-state index contributed by atoms with van der Waals surface area (Å²) < 4.78 is 0. The third-order valence-electron chi connectivity index (χ3n) is 4.99. The van der Waals surface area contributed by atoms with Gasteiger partial charge in [-0.25, -0.2) is 0 Å². The fourth-order valence-corrected chi connectivity index (χ4v) is 3.35. The van der Waals surface area contributed by atoms with Crippen molar-refractivity contribution in [1.29, 1.82) is 0 Å². The quantitative estimate of drug-likeness (QED) is 0.375. The van der Waals surface area contributed by atoms with Gasteiger partial charge in [0.05, 0.1) is 13.1 Å². The number of benzene rings is 3. The van der Waals surface area contributed by atoms with Crippen molar-refractivity contribution in [3.8, 4) is 0 Å². The van der Waals surface area contributed by atoms with Crippen molar-refractivity contribution in [2.45, 2.75) is 13.0 Å². The van der Waals surface area contributed by atoms with Gasteiger partial charge in [-0.1, -0.05) is 60.7 Å². The van der Waals surface area contributed by atoms with Crippen molar-refractivity contribution >= 4 is 29.6 Å². The van der Waals surface area contributed by atoms with Crippen molar-refractivity contribution in [2.75, 3.05) is 29.9 Å². The minimum atomic E-state index is -0.232. The zero-order valence-electron chi connectivity index (χ0n) is 18.4. The fourth-order valence-electron chi connectivity index (χ4n) is 3.35. The van der Waals surface area contributed by atoms with Crippen LogP contribution in [0.4, 0.5) is 11.4 Å². The number of carbonyl (C=O) groups excluding carboxylic acids is 3. The molecule has 0 atom stereocenters. The Kier molecular flexibility index (Phi) is 9.03. The molecule has 0 unspecified atom stereocenters. The van der Waals surface area contributed by atoms with Crippen LogP contribution >= 0.6 is 0 Å². The van der Waals surface area contributed by atoms with E-state index in [0.717, 1.165) is 22.5 Å². The van der Waals surface area contributed by atoms with Crippen LogP contribution in [-0.4, -0.2) is 37.9 Å². The Morgan fingerprint density at radius 1 is 0.788 bits per heavy atom. The Labute approximate surface area is 193 Å². The van der Waals surface area contributed by atoms with Gasteiger partial charge in [0.15, 0.2) is 0 Å². The van der Waals surface area contributed by atoms with E-state index in [1.54, 1.807) is 0 Å². The van der Waals surface area contributed by atoms with Crippen molar-refractivity contribution in [1.82, 2.24) is 10.6 Å². The SMILES string of the molecule is O=CNCC(=O)NCCc1ccc(NC(=O)CN(Cc2ccccc2)c2ccccc2)cc1. The molecule has 0 spiro atoms. The van der Waals surface area contributed by atoms with E-state index in [2.05, 4.69) is 16.0 Å². The van der Waals surface area contributed by atoms with Crippen LogP contribution in [0.5, 0.6) is 0 Å². The van der Waals surface area contributed by atoms with E-state index in [9.17, 15) is 14.4 Å². The fraction of sp³-hybridized carbons (Fsp3) is 0.192. The lowest BCUT2D eigenvalue weighted by Gasteiger charge is -2.24. The third kappa shape index (κ3) is 8.14. The van der Waals surface area contributed by atoms with E-state index in [0.29, 0.717) is 25.9 Å². The van der Waals surface area contributed by atoms with Gasteiger partial charge in [0.25, 0.3) is 0 Å². The number of amides is 3. The molecule has 0 saturated heterocycles. The largest absolute Gasteiger partial charge is 0.358 e. The summed E-state index contributed by atoms with van der Waals surface area (Å²) in [5.41, 5.74) is 3.87. The summed E-state index contributed by atoms with van der Waals surface area (Å²) in [6.07, 6.45) is 1.15. The zero-order chi connectivity index (χ0) is 23.3. The topological polar surface area (TPSA) is 90.5 Å². The molecule has 0 heterocycles. The van der Waals surface area contributed by atoms with Crippen molar-refractivity contribution in [2.24, 2.45) is 0 Å². The summed E-state index contributed by atoms with van der Waals surface area (Å²) in [6.45, 7) is 1.29.